The van der Waals surface area contributed by atoms with Crippen LogP contribution in [0.2, 0.25) is 5.02 Å². The lowest BCUT2D eigenvalue weighted by molar-refractivity contribution is -0.117. The highest BCUT2D eigenvalue weighted by Gasteiger charge is 2.11. The number of pyridine rings is 1. The lowest BCUT2D eigenvalue weighted by Crippen LogP contribution is -2.18. The van der Waals surface area contributed by atoms with Gasteiger partial charge >= 0.3 is 0 Å². The van der Waals surface area contributed by atoms with Crippen molar-refractivity contribution in [3.63, 3.8) is 0 Å². The van der Waals surface area contributed by atoms with E-state index in [1.54, 1.807) is 43.3 Å². The van der Waals surface area contributed by atoms with Gasteiger partial charge in [-0.3, -0.25) is 4.79 Å². The number of hydrogen-bond donors (Lipinski definition) is 0. The van der Waals surface area contributed by atoms with Crippen LogP contribution < -0.4 is 9.47 Å². The first kappa shape index (κ1) is 16.6. The molecule has 3 rings (SSSR count). The van der Waals surface area contributed by atoms with Gasteiger partial charge in [0.25, 0.3) is 5.24 Å². The van der Waals surface area contributed by atoms with E-state index < -0.39 is 11.3 Å². The van der Waals surface area contributed by atoms with E-state index in [1.807, 2.05) is 18.2 Å². The summed E-state index contributed by atoms with van der Waals surface area (Å²) in [5, 5.41) is 1.06. The smallest absolute Gasteiger partial charge is 0.262 e. The van der Waals surface area contributed by atoms with Crippen LogP contribution >= 0.6 is 23.2 Å². The van der Waals surface area contributed by atoms with Gasteiger partial charge < -0.3 is 9.47 Å². The van der Waals surface area contributed by atoms with Crippen LogP contribution in [-0.4, -0.2) is 16.3 Å². The third-order valence-corrected chi connectivity index (χ3v) is 3.85. The van der Waals surface area contributed by atoms with Gasteiger partial charge in [-0.05, 0) is 67.1 Å². The van der Waals surface area contributed by atoms with Crippen LogP contribution in [0.5, 0.6) is 17.4 Å². The van der Waals surface area contributed by atoms with Crippen LogP contribution in [-0.2, 0) is 4.79 Å². The van der Waals surface area contributed by atoms with Crippen LogP contribution in [0.25, 0.3) is 10.9 Å². The van der Waals surface area contributed by atoms with Crippen molar-refractivity contribution >= 4 is 39.3 Å². The Hall–Kier alpha value is -2.30. The molecule has 0 spiro atoms. The van der Waals surface area contributed by atoms with Crippen molar-refractivity contribution in [2.24, 2.45) is 0 Å². The van der Waals surface area contributed by atoms with Gasteiger partial charge in [0.15, 0.2) is 6.10 Å². The molecule has 6 heteroatoms. The number of nitrogens with zero attached hydrogens (tertiary/aromatic N) is 1. The number of halogens is 2. The summed E-state index contributed by atoms with van der Waals surface area (Å²) >= 11 is 11.3. The Labute approximate surface area is 148 Å². The summed E-state index contributed by atoms with van der Waals surface area (Å²) in [5.74, 6) is 1.61. The molecule has 0 amide bonds. The van der Waals surface area contributed by atoms with Crippen molar-refractivity contribution in [1.29, 1.82) is 0 Å². The van der Waals surface area contributed by atoms with E-state index in [0.29, 0.717) is 22.4 Å². The highest BCUT2D eigenvalue weighted by Crippen LogP contribution is 2.26. The Kier molecular flexibility index (Phi) is 4.88. The molecule has 2 aromatic carbocycles. The Balaban J connectivity index is 1.74. The lowest BCUT2D eigenvalue weighted by Gasteiger charge is -2.11. The van der Waals surface area contributed by atoms with E-state index in [9.17, 15) is 4.79 Å². The molecular formula is C18H13Cl2NO3. The summed E-state index contributed by atoms with van der Waals surface area (Å²) in [6.45, 7) is 1.59. The predicted octanol–water partition coefficient (Wildman–Crippen LogP) is 5.21. The number of rotatable bonds is 5. The molecule has 1 aromatic heterocycles. The molecule has 3 aromatic rings. The number of aromatic nitrogens is 1. The summed E-state index contributed by atoms with van der Waals surface area (Å²) in [6, 6.07) is 16.0. The largest absolute Gasteiger partial charge is 0.482 e. The topological polar surface area (TPSA) is 48.4 Å². The second kappa shape index (κ2) is 7.07. The fourth-order valence-corrected chi connectivity index (χ4v) is 2.32. The normalized spacial score (nSPS) is 12.0. The predicted molar refractivity (Wildman–Crippen MR) is 94.2 cm³/mol. The average molecular weight is 362 g/mol. The van der Waals surface area contributed by atoms with Crippen LogP contribution in [0.1, 0.15) is 6.92 Å². The first-order valence-electron chi connectivity index (χ1n) is 7.21. The number of hydrogen-bond acceptors (Lipinski definition) is 4. The molecule has 0 bridgehead atoms. The maximum absolute atomic E-state index is 11.0. The van der Waals surface area contributed by atoms with Gasteiger partial charge in [-0.15, -0.1) is 0 Å². The maximum atomic E-state index is 11.0. The van der Waals surface area contributed by atoms with Gasteiger partial charge in [-0.2, -0.15) is 0 Å². The molecular weight excluding hydrogens is 349 g/mol. The molecule has 0 radical (unpaired) electrons. The minimum atomic E-state index is -0.701. The van der Waals surface area contributed by atoms with Crippen LogP contribution in [0.3, 0.4) is 0 Å². The van der Waals surface area contributed by atoms with Gasteiger partial charge in [0, 0.05) is 16.5 Å². The van der Waals surface area contributed by atoms with Gasteiger partial charge in [-0.1, -0.05) is 11.6 Å². The Morgan fingerprint density at radius 2 is 1.75 bits per heavy atom. The first-order valence-corrected chi connectivity index (χ1v) is 7.97. The standard InChI is InChI=1S/C18H13Cl2NO3/c1-11(18(20)22)23-14-4-6-15(7-5-14)24-17-9-2-12-10-13(19)3-8-16(12)21-17/h2-11H,1H3/t11-/m1/s1. The second-order valence-corrected chi connectivity index (χ2v) is 5.93. The Morgan fingerprint density at radius 1 is 1.04 bits per heavy atom. The molecule has 0 aliphatic carbocycles. The van der Waals surface area contributed by atoms with E-state index >= 15 is 0 Å². The number of benzene rings is 2. The van der Waals surface area contributed by atoms with E-state index in [2.05, 4.69) is 4.98 Å². The molecule has 1 atom stereocenters. The SMILES string of the molecule is C[C@@H](Oc1ccc(Oc2ccc3cc(Cl)ccc3n2)cc1)C(=O)Cl. The molecule has 0 aliphatic rings. The monoisotopic (exact) mass is 361 g/mol. The molecule has 4 nitrogen and oxygen atoms in total. The van der Waals surface area contributed by atoms with E-state index in [1.165, 1.54) is 0 Å². The third kappa shape index (κ3) is 3.96. The maximum Gasteiger partial charge on any atom is 0.262 e. The van der Waals surface area contributed by atoms with Crippen molar-refractivity contribution in [2.75, 3.05) is 0 Å². The van der Waals surface area contributed by atoms with Crippen molar-refractivity contribution in [3.8, 4) is 17.4 Å². The fourth-order valence-electron chi connectivity index (χ4n) is 2.09. The molecule has 1 heterocycles. The molecule has 122 valence electrons. The first-order chi connectivity index (χ1) is 11.5. The third-order valence-electron chi connectivity index (χ3n) is 3.30. The van der Waals surface area contributed by atoms with Crippen LogP contribution in [0.15, 0.2) is 54.6 Å². The van der Waals surface area contributed by atoms with Crippen LogP contribution in [0, 0.1) is 0 Å². The summed E-state index contributed by atoms with van der Waals surface area (Å²) < 4.78 is 11.1. The van der Waals surface area contributed by atoms with E-state index in [0.717, 1.165) is 10.9 Å². The Morgan fingerprint density at radius 3 is 2.46 bits per heavy atom. The Bertz CT molecular complexity index is 881. The van der Waals surface area contributed by atoms with Gasteiger partial charge in [0.2, 0.25) is 5.88 Å². The number of ether oxygens (including phenoxy) is 2. The highest BCUT2D eigenvalue weighted by atomic mass is 35.5. The van der Waals surface area contributed by atoms with E-state index in [4.69, 9.17) is 32.7 Å². The summed E-state index contributed by atoms with van der Waals surface area (Å²) in [7, 11) is 0. The zero-order valence-corrected chi connectivity index (χ0v) is 14.2. The number of carbonyl (C=O) groups is 1. The highest BCUT2D eigenvalue weighted by molar-refractivity contribution is 6.64. The summed E-state index contributed by atoms with van der Waals surface area (Å²) in [6.07, 6.45) is -0.701. The van der Waals surface area contributed by atoms with Crippen molar-refractivity contribution < 1.29 is 14.3 Å². The quantitative estimate of drug-likeness (QED) is 0.585. The molecule has 0 saturated heterocycles. The molecule has 0 fully saturated rings. The van der Waals surface area contributed by atoms with Gasteiger partial charge in [0.05, 0.1) is 5.52 Å². The van der Waals surface area contributed by atoms with E-state index in [-0.39, 0.29) is 0 Å². The number of carbonyl (C=O) groups excluding carboxylic acids is 1. The summed E-state index contributed by atoms with van der Waals surface area (Å²) in [5.41, 5.74) is 0.798. The summed E-state index contributed by atoms with van der Waals surface area (Å²) in [4.78, 5) is 15.4. The molecule has 0 unspecified atom stereocenters. The van der Waals surface area contributed by atoms with Crippen molar-refractivity contribution in [1.82, 2.24) is 4.98 Å². The average Bonchev–Trinajstić information content (AvgIpc) is 2.56. The molecule has 0 N–H and O–H groups in total. The molecule has 0 saturated carbocycles. The van der Waals surface area contributed by atoms with Gasteiger partial charge in [0.1, 0.15) is 11.5 Å². The minimum absolute atomic E-state index is 0.475. The minimum Gasteiger partial charge on any atom is -0.482 e. The lowest BCUT2D eigenvalue weighted by atomic mass is 10.2. The number of fused-ring (bicyclic) bond motifs is 1. The van der Waals surface area contributed by atoms with Crippen molar-refractivity contribution in [3.05, 3.63) is 59.6 Å². The molecule has 0 aliphatic heterocycles. The second-order valence-electron chi connectivity index (χ2n) is 5.12. The van der Waals surface area contributed by atoms with Crippen LogP contribution in [0.4, 0.5) is 0 Å². The van der Waals surface area contributed by atoms with Crippen molar-refractivity contribution in [2.45, 2.75) is 13.0 Å². The zero-order chi connectivity index (χ0) is 17.1. The fraction of sp³-hybridized carbons (Fsp3) is 0.111. The van der Waals surface area contributed by atoms with Gasteiger partial charge in [-0.25, -0.2) is 4.98 Å². The zero-order valence-electron chi connectivity index (χ0n) is 12.7. The molecule has 24 heavy (non-hydrogen) atoms.